The molecule has 0 aromatic heterocycles. The molecule has 0 radical (unpaired) electrons. The molecule has 2 aromatic carbocycles. The summed E-state index contributed by atoms with van der Waals surface area (Å²) in [4.78, 5) is 46.9. The molecule has 0 saturated carbocycles. The number of nitrogens with zero attached hydrogens (tertiary/aromatic N) is 2. The van der Waals surface area contributed by atoms with Crippen LogP contribution in [-0.4, -0.2) is 21.4 Å². The molecule has 0 bridgehead atoms. The van der Waals surface area contributed by atoms with E-state index in [2.05, 4.69) is 5.32 Å². The Labute approximate surface area is 209 Å². The van der Waals surface area contributed by atoms with E-state index in [0.29, 0.717) is 29.6 Å². The Hall–Kier alpha value is -4.05. The van der Waals surface area contributed by atoms with E-state index in [9.17, 15) is 29.8 Å². The second-order valence-electron chi connectivity index (χ2n) is 8.85. The molecule has 0 saturated heterocycles. The van der Waals surface area contributed by atoms with Crippen LogP contribution in [0.5, 0.6) is 11.5 Å². The summed E-state index contributed by atoms with van der Waals surface area (Å²) in [7, 11) is 0. The van der Waals surface area contributed by atoms with Crippen LogP contribution in [-0.2, 0) is 9.59 Å². The van der Waals surface area contributed by atoms with Crippen molar-refractivity contribution >= 4 is 34.5 Å². The third kappa shape index (κ3) is 4.13. The molecule has 1 N–H and O–H groups in total. The molecule has 0 spiro atoms. The lowest BCUT2D eigenvalue weighted by atomic mass is 9.71. The van der Waals surface area contributed by atoms with Gasteiger partial charge in [-0.15, -0.1) is 0 Å². The minimum absolute atomic E-state index is 0.00312. The highest BCUT2D eigenvalue weighted by molar-refractivity contribution is 6.32. The second kappa shape index (κ2) is 9.19. The predicted molar refractivity (Wildman–Crippen MR) is 129 cm³/mol. The van der Waals surface area contributed by atoms with Crippen molar-refractivity contribution in [2.24, 2.45) is 0 Å². The predicted octanol–water partition coefficient (Wildman–Crippen LogP) is 5.65. The molecule has 5 rings (SSSR count). The zero-order chi connectivity index (χ0) is 25.6. The number of nitro groups is 2. The number of carbonyl (C=O) groups excluding carboxylic acids is 2. The van der Waals surface area contributed by atoms with E-state index in [-0.39, 0.29) is 28.1 Å². The second-order valence-corrected chi connectivity index (χ2v) is 9.26. The summed E-state index contributed by atoms with van der Waals surface area (Å²) in [6, 6.07) is 7.87. The monoisotopic (exact) mass is 509 g/mol. The highest BCUT2D eigenvalue weighted by Gasteiger charge is 2.40. The Morgan fingerprint density at radius 3 is 2.00 bits per heavy atom. The summed E-state index contributed by atoms with van der Waals surface area (Å²) < 4.78 is 5.67. The van der Waals surface area contributed by atoms with Gasteiger partial charge in [0.25, 0.3) is 5.69 Å². The summed E-state index contributed by atoms with van der Waals surface area (Å²) in [6.07, 6.45) is 3.76. The van der Waals surface area contributed by atoms with Crippen molar-refractivity contribution in [3.05, 3.63) is 89.8 Å². The van der Waals surface area contributed by atoms with Crippen LogP contribution in [0.3, 0.4) is 0 Å². The summed E-state index contributed by atoms with van der Waals surface area (Å²) in [6.45, 7) is 0. The van der Waals surface area contributed by atoms with E-state index in [0.717, 1.165) is 55.3 Å². The van der Waals surface area contributed by atoms with Gasteiger partial charge in [-0.1, -0.05) is 17.7 Å². The van der Waals surface area contributed by atoms with Gasteiger partial charge >= 0.3 is 5.69 Å². The maximum absolute atomic E-state index is 13.0. The largest absolute Gasteiger partial charge is 0.449 e. The lowest BCUT2D eigenvalue weighted by Gasteiger charge is -2.37. The smallest absolute Gasteiger partial charge is 0.318 e. The van der Waals surface area contributed by atoms with Gasteiger partial charge in [-0.05, 0) is 49.4 Å². The number of non-ortho nitro benzene ring substituents is 1. The van der Waals surface area contributed by atoms with Crippen LogP contribution in [0.1, 0.15) is 50.0 Å². The zero-order valence-electron chi connectivity index (χ0n) is 18.9. The third-order valence-electron chi connectivity index (χ3n) is 6.65. The summed E-state index contributed by atoms with van der Waals surface area (Å²) in [5.41, 5.74) is 2.51. The van der Waals surface area contributed by atoms with E-state index in [1.54, 1.807) is 12.1 Å². The Bertz CT molecular complexity index is 1370. The number of rotatable bonds is 5. The van der Waals surface area contributed by atoms with Gasteiger partial charge in [-0.25, -0.2) is 0 Å². The van der Waals surface area contributed by atoms with Crippen LogP contribution in [0.25, 0.3) is 0 Å². The van der Waals surface area contributed by atoms with Crippen molar-refractivity contribution in [2.75, 3.05) is 0 Å². The number of hydrogen-bond acceptors (Lipinski definition) is 8. The molecule has 3 aliphatic rings. The minimum atomic E-state index is -0.773. The molecule has 1 heterocycles. The molecule has 2 aromatic rings. The van der Waals surface area contributed by atoms with Gasteiger partial charge in [-0.2, -0.15) is 0 Å². The van der Waals surface area contributed by atoms with Gasteiger partial charge in [0.1, 0.15) is 5.75 Å². The lowest BCUT2D eigenvalue weighted by Crippen LogP contribution is -2.36. The van der Waals surface area contributed by atoms with Crippen LogP contribution < -0.4 is 10.1 Å². The number of nitrogens with one attached hydrogen (secondary N) is 1. The fourth-order valence-electron chi connectivity index (χ4n) is 5.06. The molecular weight excluding hydrogens is 490 g/mol. The molecule has 11 heteroatoms. The van der Waals surface area contributed by atoms with Crippen molar-refractivity contribution in [2.45, 2.75) is 44.4 Å². The van der Waals surface area contributed by atoms with Crippen LogP contribution in [0.15, 0.2) is 58.9 Å². The van der Waals surface area contributed by atoms with Gasteiger partial charge in [0.05, 0.1) is 20.9 Å². The maximum atomic E-state index is 13.0. The van der Waals surface area contributed by atoms with E-state index in [1.807, 2.05) is 0 Å². The standard InChI is InChI=1S/C25H20ClN3O7/c26-15-11-13(7-9-21(15)36-22-10-8-14(28(32)33)12-18(22)29(34)35)23-24-16(3-1-5-19(24)30)27-17-4-2-6-20(31)25(17)23/h7-12,23,27H,1-6H2. The van der Waals surface area contributed by atoms with Gasteiger partial charge < -0.3 is 10.1 Å². The Morgan fingerprint density at radius 1 is 0.833 bits per heavy atom. The molecule has 0 amide bonds. The molecular formula is C25H20ClN3O7. The third-order valence-corrected chi connectivity index (χ3v) is 6.95. The average Bonchev–Trinajstić information content (AvgIpc) is 2.84. The lowest BCUT2D eigenvalue weighted by molar-refractivity contribution is -0.394. The van der Waals surface area contributed by atoms with Crippen LogP contribution in [0.4, 0.5) is 11.4 Å². The first-order chi connectivity index (χ1) is 17.2. The van der Waals surface area contributed by atoms with Crippen LogP contribution >= 0.6 is 11.6 Å². The number of ketones is 2. The first kappa shape index (κ1) is 23.7. The number of nitro benzene ring substituents is 2. The number of Topliss-reactive ketones (excluding diaryl/α,β-unsaturated/α-hetero) is 2. The molecule has 184 valence electrons. The summed E-state index contributed by atoms with van der Waals surface area (Å²) >= 11 is 6.51. The fraction of sp³-hybridized carbons (Fsp3) is 0.280. The van der Waals surface area contributed by atoms with E-state index >= 15 is 0 Å². The van der Waals surface area contributed by atoms with E-state index < -0.39 is 27.1 Å². The van der Waals surface area contributed by atoms with Gasteiger partial charge in [0.2, 0.25) is 5.75 Å². The number of hydrogen-bond donors (Lipinski definition) is 1. The number of ether oxygens (including phenoxy) is 1. The van der Waals surface area contributed by atoms with Crippen molar-refractivity contribution in [1.82, 2.24) is 5.32 Å². The highest BCUT2D eigenvalue weighted by atomic mass is 35.5. The minimum Gasteiger partial charge on any atom is -0.449 e. The highest BCUT2D eigenvalue weighted by Crippen LogP contribution is 2.47. The Kier molecular flexibility index (Phi) is 6.05. The fourth-order valence-corrected chi connectivity index (χ4v) is 5.29. The SMILES string of the molecule is O=C1CCCC2=C1C(c1ccc(Oc3ccc([N+](=O)[O-])cc3[N+](=O)[O-])c(Cl)c1)C1=C(CCCC1=O)N2. The van der Waals surface area contributed by atoms with Gasteiger partial charge in [0, 0.05) is 47.4 Å². The number of dihydropyridines is 1. The van der Waals surface area contributed by atoms with Crippen molar-refractivity contribution < 1.29 is 24.2 Å². The number of carbonyl (C=O) groups is 2. The topological polar surface area (TPSA) is 142 Å². The number of halogens is 1. The van der Waals surface area contributed by atoms with Gasteiger partial charge in [0.15, 0.2) is 11.6 Å². The van der Waals surface area contributed by atoms with E-state index in [4.69, 9.17) is 16.3 Å². The molecule has 0 atom stereocenters. The molecule has 1 aliphatic heterocycles. The van der Waals surface area contributed by atoms with Crippen LogP contribution in [0, 0.1) is 20.2 Å². The van der Waals surface area contributed by atoms with Crippen LogP contribution in [0.2, 0.25) is 5.02 Å². The Balaban J connectivity index is 1.54. The summed E-state index contributed by atoms with van der Waals surface area (Å²) in [5, 5.41) is 25.9. The Morgan fingerprint density at radius 2 is 1.44 bits per heavy atom. The molecule has 2 aliphatic carbocycles. The molecule has 36 heavy (non-hydrogen) atoms. The summed E-state index contributed by atoms with van der Waals surface area (Å²) in [5.74, 6) is -0.660. The van der Waals surface area contributed by atoms with Crippen molar-refractivity contribution in [3.63, 3.8) is 0 Å². The van der Waals surface area contributed by atoms with Gasteiger partial charge in [-0.3, -0.25) is 29.8 Å². The number of allylic oxidation sites excluding steroid dienone is 4. The first-order valence-corrected chi connectivity index (χ1v) is 11.8. The first-order valence-electron chi connectivity index (χ1n) is 11.4. The normalized spacial score (nSPS) is 17.9. The average molecular weight is 510 g/mol. The quantitative estimate of drug-likeness (QED) is 0.402. The molecule has 0 unspecified atom stereocenters. The molecule has 0 fully saturated rings. The maximum Gasteiger partial charge on any atom is 0.318 e. The zero-order valence-corrected chi connectivity index (χ0v) is 19.7. The van der Waals surface area contributed by atoms with E-state index in [1.165, 1.54) is 6.07 Å². The van der Waals surface area contributed by atoms with Crippen molar-refractivity contribution in [1.29, 1.82) is 0 Å². The van der Waals surface area contributed by atoms with Crippen molar-refractivity contribution in [3.8, 4) is 11.5 Å². The number of benzene rings is 2. The molecule has 10 nitrogen and oxygen atoms in total.